The fourth-order valence-electron chi connectivity index (χ4n) is 4.87. The first-order valence-corrected chi connectivity index (χ1v) is 14.1. The molecular formula is C29H35N3O5S. The van der Waals surface area contributed by atoms with Crippen molar-refractivity contribution in [3.8, 4) is 0 Å². The second-order valence-electron chi connectivity index (χ2n) is 9.57. The second-order valence-corrected chi connectivity index (χ2v) is 10.7. The van der Waals surface area contributed by atoms with Gasteiger partial charge in [0.15, 0.2) is 12.2 Å². The van der Waals surface area contributed by atoms with Crippen LogP contribution in [0.4, 0.5) is 0 Å². The topological polar surface area (TPSA) is 119 Å². The van der Waals surface area contributed by atoms with Crippen molar-refractivity contribution in [1.29, 1.82) is 0 Å². The van der Waals surface area contributed by atoms with Crippen molar-refractivity contribution >= 4 is 35.1 Å². The maximum Gasteiger partial charge on any atom is 0.257 e. The van der Waals surface area contributed by atoms with Crippen molar-refractivity contribution in [1.82, 2.24) is 15.5 Å². The highest BCUT2D eigenvalue weighted by atomic mass is 32.2. The summed E-state index contributed by atoms with van der Waals surface area (Å²) in [6, 6.07) is 16.9. The predicted molar refractivity (Wildman–Crippen MR) is 148 cm³/mol. The number of allylic oxidation sites excluding steroid dienone is 1. The van der Waals surface area contributed by atoms with Gasteiger partial charge in [0.25, 0.3) is 17.7 Å². The smallest absolute Gasteiger partial charge is 0.257 e. The Kier molecular flexibility index (Phi) is 9.60. The van der Waals surface area contributed by atoms with Gasteiger partial charge in [-0.25, -0.2) is 0 Å². The number of thioether (sulfide) groups is 1. The Hall–Kier alpha value is -3.14. The van der Waals surface area contributed by atoms with Crippen molar-refractivity contribution < 1.29 is 24.6 Å². The molecule has 2 aromatic carbocycles. The Balaban J connectivity index is 1.33. The summed E-state index contributed by atoms with van der Waals surface area (Å²) in [5.74, 6) is -0.628. The summed E-state index contributed by atoms with van der Waals surface area (Å²) in [5.41, 5.74) is 3.74. The molecule has 2 aliphatic rings. The minimum absolute atomic E-state index is 0.0354. The molecule has 3 amide bonds. The van der Waals surface area contributed by atoms with E-state index < -0.39 is 24.0 Å². The van der Waals surface area contributed by atoms with E-state index in [1.165, 1.54) is 0 Å². The van der Waals surface area contributed by atoms with Crippen LogP contribution in [0.2, 0.25) is 0 Å². The monoisotopic (exact) mass is 537 g/mol. The lowest BCUT2D eigenvalue weighted by atomic mass is 10.0. The van der Waals surface area contributed by atoms with Gasteiger partial charge in [-0.05, 0) is 47.9 Å². The van der Waals surface area contributed by atoms with Gasteiger partial charge in [-0.1, -0.05) is 61.5 Å². The number of nitrogens with one attached hydrogen (secondary N) is 2. The van der Waals surface area contributed by atoms with Crippen molar-refractivity contribution in [2.75, 3.05) is 18.8 Å². The van der Waals surface area contributed by atoms with E-state index in [1.54, 1.807) is 16.7 Å². The molecule has 38 heavy (non-hydrogen) atoms. The average molecular weight is 538 g/mol. The molecule has 0 saturated carbocycles. The third-order valence-electron chi connectivity index (χ3n) is 6.92. The van der Waals surface area contributed by atoms with Crippen LogP contribution in [-0.4, -0.2) is 63.9 Å². The number of benzene rings is 2. The Morgan fingerprint density at radius 3 is 2.47 bits per heavy atom. The Morgan fingerprint density at radius 1 is 1.03 bits per heavy atom. The summed E-state index contributed by atoms with van der Waals surface area (Å²) in [4.78, 5) is 40.3. The molecule has 202 valence electrons. The zero-order chi connectivity index (χ0) is 27.1. The first kappa shape index (κ1) is 27.9. The highest BCUT2D eigenvalue weighted by molar-refractivity contribution is 8.04. The largest absolute Gasteiger partial charge is 0.380 e. The van der Waals surface area contributed by atoms with Crippen molar-refractivity contribution in [3.05, 3.63) is 76.2 Å². The minimum Gasteiger partial charge on any atom is -0.380 e. The van der Waals surface area contributed by atoms with Crippen LogP contribution in [0.15, 0.2) is 59.5 Å². The van der Waals surface area contributed by atoms with E-state index in [-0.39, 0.29) is 18.5 Å². The fraction of sp³-hybridized carbons (Fsp3) is 0.414. The van der Waals surface area contributed by atoms with Crippen molar-refractivity contribution in [2.45, 2.75) is 57.4 Å². The SMILES string of the molecule is CCCNC(=O)C1=C(c2ccc(CNC(=O)[C@H](O)[C@@H](O)C(=O)N3CCC[C@@H]3c3ccccc3)cc2)CCS1. The number of hydrogen-bond donors (Lipinski definition) is 4. The molecular weight excluding hydrogens is 502 g/mol. The van der Waals surface area contributed by atoms with E-state index in [0.717, 1.165) is 58.6 Å². The van der Waals surface area contributed by atoms with Crippen LogP contribution in [-0.2, 0) is 20.9 Å². The van der Waals surface area contributed by atoms with Crippen molar-refractivity contribution in [2.24, 2.45) is 0 Å². The minimum atomic E-state index is -1.87. The van der Waals surface area contributed by atoms with E-state index >= 15 is 0 Å². The molecule has 4 N–H and O–H groups in total. The molecule has 1 saturated heterocycles. The molecule has 9 heteroatoms. The first-order valence-electron chi connectivity index (χ1n) is 13.1. The van der Waals surface area contributed by atoms with Crippen LogP contribution < -0.4 is 10.6 Å². The zero-order valence-electron chi connectivity index (χ0n) is 21.6. The summed E-state index contributed by atoms with van der Waals surface area (Å²) < 4.78 is 0. The summed E-state index contributed by atoms with van der Waals surface area (Å²) in [5, 5.41) is 26.5. The number of aliphatic hydroxyl groups excluding tert-OH is 2. The predicted octanol–water partition coefficient (Wildman–Crippen LogP) is 2.76. The van der Waals surface area contributed by atoms with Crippen LogP contribution in [0.1, 0.15) is 55.3 Å². The van der Waals surface area contributed by atoms with Crippen LogP contribution >= 0.6 is 11.8 Å². The van der Waals surface area contributed by atoms with E-state index in [0.29, 0.717) is 13.1 Å². The maximum absolute atomic E-state index is 12.9. The third kappa shape index (κ3) is 6.46. The van der Waals surface area contributed by atoms with E-state index in [4.69, 9.17) is 0 Å². The molecule has 0 aromatic heterocycles. The van der Waals surface area contributed by atoms with Crippen LogP contribution in [0.3, 0.4) is 0 Å². The molecule has 3 atom stereocenters. The van der Waals surface area contributed by atoms with Gasteiger partial charge in [0.1, 0.15) is 0 Å². The molecule has 0 unspecified atom stereocenters. The second kappa shape index (κ2) is 13.1. The lowest BCUT2D eigenvalue weighted by Gasteiger charge is -2.28. The number of carbonyl (C=O) groups is 3. The maximum atomic E-state index is 12.9. The number of carbonyl (C=O) groups excluding carboxylic acids is 3. The average Bonchev–Trinajstić information content (AvgIpc) is 3.65. The molecule has 2 aromatic rings. The van der Waals surface area contributed by atoms with Crippen LogP contribution in [0.25, 0.3) is 5.57 Å². The van der Waals surface area contributed by atoms with Crippen LogP contribution in [0.5, 0.6) is 0 Å². The first-order chi connectivity index (χ1) is 18.4. The zero-order valence-corrected chi connectivity index (χ0v) is 22.4. The third-order valence-corrected chi connectivity index (χ3v) is 8.05. The lowest BCUT2D eigenvalue weighted by Crippen LogP contribution is -2.50. The fourth-order valence-corrected chi connectivity index (χ4v) is 5.98. The highest BCUT2D eigenvalue weighted by Gasteiger charge is 2.38. The van der Waals surface area contributed by atoms with Gasteiger partial charge in [0.05, 0.1) is 10.9 Å². The molecule has 0 bridgehead atoms. The number of amides is 3. The summed E-state index contributed by atoms with van der Waals surface area (Å²) in [6.07, 6.45) is -0.464. The number of hydrogen-bond acceptors (Lipinski definition) is 6. The molecule has 1 fully saturated rings. The summed E-state index contributed by atoms with van der Waals surface area (Å²) in [6.45, 7) is 3.26. The van der Waals surface area contributed by atoms with Gasteiger partial charge in [0, 0.05) is 25.4 Å². The molecule has 0 aliphatic carbocycles. The number of nitrogens with zero attached hydrogens (tertiary/aromatic N) is 1. The number of rotatable bonds is 10. The molecule has 0 radical (unpaired) electrons. The van der Waals surface area contributed by atoms with Crippen LogP contribution in [0, 0.1) is 0 Å². The van der Waals surface area contributed by atoms with Gasteiger partial charge in [-0.15, -0.1) is 11.8 Å². The number of aliphatic hydroxyl groups is 2. The lowest BCUT2D eigenvalue weighted by molar-refractivity contribution is -0.153. The van der Waals surface area contributed by atoms with Gasteiger partial charge in [-0.3, -0.25) is 14.4 Å². The van der Waals surface area contributed by atoms with E-state index in [1.807, 2.05) is 61.5 Å². The van der Waals surface area contributed by atoms with Crippen molar-refractivity contribution in [3.63, 3.8) is 0 Å². The summed E-state index contributed by atoms with van der Waals surface area (Å²) >= 11 is 1.57. The normalized spacial score (nSPS) is 18.8. The molecule has 2 heterocycles. The Labute approximate surface area is 227 Å². The molecule has 2 aliphatic heterocycles. The highest BCUT2D eigenvalue weighted by Crippen LogP contribution is 2.38. The van der Waals surface area contributed by atoms with Gasteiger partial charge >= 0.3 is 0 Å². The van der Waals surface area contributed by atoms with Gasteiger partial charge < -0.3 is 25.7 Å². The summed E-state index contributed by atoms with van der Waals surface area (Å²) in [7, 11) is 0. The molecule has 8 nitrogen and oxygen atoms in total. The van der Waals surface area contributed by atoms with Gasteiger partial charge in [0.2, 0.25) is 0 Å². The Bertz CT molecular complexity index is 1170. The quantitative estimate of drug-likeness (QED) is 0.370. The van der Waals surface area contributed by atoms with E-state index in [9.17, 15) is 24.6 Å². The molecule has 4 rings (SSSR count). The van der Waals surface area contributed by atoms with Gasteiger partial charge in [-0.2, -0.15) is 0 Å². The van der Waals surface area contributed by atoms with E-state index in [2.05, 4.69) is 10.6 Å². The number of likely N-dealkylation sites (tertiary alicyclic amines) is 1. The Morgan fingerprint density at radius 2 is 1.76 bits per heavy atom. The standard InChI is InChI=1S/C29H35N3O5S/c1-2-15-30-28(36)26-22(14-17-38-26)20-12-10-19(11-13-20)18-31-27(35)24(33)25(34)29(37)32-16-6-9-23(32)21-7-4-3-5-8-21/h3-5,7-8,10-13,23-25,33-34H,2,6,9,14-18H2,1H3,(H,30,36)(H,31,35)/t23-,24-,25-/m1/s1. The molecule has 0 spiro atoms.